The van der Waals surface area contributed by atoms with Crippen molar-refractivity contribution >= 4 is 29.6 Å². The number of likely N-dealkylation sites (N-methyl/N-ethyl adjacent to an activating group) is 1. The summed E-state index contributed by atoms with van der Waals surface area (Å²) in [6.07, 6.45) is 9.02. The van der Waals surface area contributed by atoms with Crippen molar-refractivity contribution in [3.05, 3.63) is 83.7 Å². The predicted molar refractivity (Wildman–Crippen MR) is 169 cm³/mol. The second-order valence-corrected chi connectivity index (χ2v) is 11.9. The maximum atomic E-state index is 13.6. The van der Waals surface area contributed by atoms with Crippen molar-refractivity contribution in [2.45, 2.75) is 51.0 Å². The van der Waals surface area contributed by atoms with Crippen LogP contribution in [0.2, 0.25) is 0 Å². The maximum Gasteiger partial charge on any atom is 0.410 e. The first-order valence-electron chi connectivity index (χ1n) is 14.0. The van der Waals surface area contributed by atoms with Gasteiger partial charge in [0, 0.05) is 45.6 Å². The lowest BCUT2D eigenvalue weighted by molar-refractivity contribution is 0.0220. The van der Waals surface area contributed by atoms with E-state index in [9.17, 15) is 9.59 Å². The van der Waals surface area contributed by atoms with Crippen LogP contribution in [0.25, 0.3) is 0 Å². The highest BCUT2D eigenvalue weighted by Crippen LogP contribution is 2.27. The van der Waals surface area contributed by atoms with E-state index in [0.29, 0.717) is 42.6 Å². The highest BCUT2D eigenvalue weighted by molar-refractivity contribution is 7.98. The number of hydrogen-bond donors (Lipinski definition) is 0. The summed E-state index contributed by atoms with van der Waals surface area (Å²) in [6, 6.07) is 9.94. The molecular weight excluding hydrogens is 550 g/mol. The van der Waals surface area contributed by atoms with Crippen LogP contribution in [0.4, 0.5) is 10.6 Å². The van der Waals surface area contributed by atoms with Crippen molar-refractivity contribution in [1.29, 1.82) is 0 Å². The fourth-order valence-electron chi connectivity index (χ4n) is 4.43. The zero-order valence-electron chi connectivity index (χ0n) is 25.8. The van der Waals surface area contributed by atoms with E-state index in [2.05, 4.69) is 16.5 Å². The number of benzene rings is 1. The number of amides is 2. The summed E-state index contributed by atoms with van der Waals surface area (Å²) in [5.74, 6) is 0.504. The Hall–Kier alpha value is -3.63. The summed E-state index contributed by atoms with van der Waals surface area (Å²) in [5, 5.41) is 0.632. The normalized spacial score (nSPS) is 15.2. The monoisotopic (exact) mass is 593 g/mol. The van der Waals surface area contributed by atoms with Gasteiger partial charge in [-0.3, -0.25) is 4.79 Å². The molecular formula is C32H43N5O4S. The van der Waals surface area contributed by atoms with E-state index in [4.69, 9.17) is 9.47 Å². The number of carbonyl (C=O) groups is 2. The van der Waals surface area contributed by atoms with Crippen LogP contribution in [0.15, 0.2) is 77.8 Å². The van der Waals surface area contributed by atoms with Crippen molar-refractivity contribution < 1.29 is 19.1 Å². The SMILES string of the molecule is C=C/C=C(\C=C(/C)N1CCN(C)c2nc(SC)ncc2C1=O)CO[C@H](CCN(C)C(=O)OC(C)(C)C)c1ccccc1. The maximum absolute atomic E-state index is 13.6. The van der Waals surface area contributed by atoms with Crippen LogP contribution in [-0.2, 0) is 9.47 Å². The molecule has 3 rings (SSSR count). The highest BCUT2D eigenvalue weighted by atomic mass is 32.2. The molecule has 1 aliphatic heterocycles. The molecule has 1 aromatic heterocycles. The predicted octanol–water partition coefficient (Wildman–Crippen LogP) is 6.12. The van der Waals surface area contributed by atoms with Crippen LogP contribution in [0.1, 0.15) is 56.1 Å². The molecule has 10 heteroatoms. The molecule has 0 fully saturated rings. The summed E-state index contributed by atoms with van der Waals surface area (Å²) in [6.45, 7) is 13.2. The Labute approximate surface area is 254 Å². The third-order valence-electron chi connectivity index (χ3n) is 6.63. The van der Waals surface area contributed by atoms with Crippen LogP contribution < -0.4 is 4.90 Å². The Morgan fingerprint density at radius 1 is 1.24 bits per heavy atom. The topological polar surface area (TPSA) is 88.1 Å². The summed E-state index contributed by atoms with van der Waals surface area (Å²) >= 11 is 1.45. The first kappa shape index (κ1) is 32.9. The average Bonchev–Trinajstić information content (AvgIpc) is 3.07. The summed E-state index contributed by atoms with van der Waals surface area (Å²) in [4.78, 5) is 40.3. The second-order valence-electron chi connectivity index (χ2n) is 11.1. The number of anilines is 1. The fourth-order valence-corrected chi connectivity index (χ4v) is 4.76. The zero-order chi connectivity index (χ0) is 30.9. The molecule has 0 N–H and O–H groups in total. The first-order chi connectivity index (χ1) is 19.9. The van der Waals surface area contributed by atoms with Gasteiger partial charge in [0.25, 0.3) is 5.91 Å². The van der Waals surface area contributed by atoms with Gasteiger partial charge < -0.3 is 24.2 Å². The minimum absolute atomic E-state index is 0.137. The zero-order valence-corrected chi connectivity index (χ0v) is 26.6. The number of aromatic nitrogens is 2. The van der Waals surface area contributed by atoms with E-state index in [1.807, 2.05) is 88.4 Å². The van der Waals surface area contributed by atoms with Gasteiger partial charge in [-0.05, 0) is 57.6 Å². The lowest BCUT2D eigenvalue weighted by Gasteiger charge is -2.26. The Morgan fingerprint density at radius 3 is 2.60 bits per heavy atom. The number of ether oxygens (including phenoxy) is 2. The van der Waals surface area contributed by atoms with Crippen molar-refractivity contribution in [3.8, 4) is 0 Å². The Kier molecular flexibility index (Phi) is 11.8. The minimum Gasteiger partial charge on any atom is -0.444 e. The number of thioether (sulfide) groups is 1. The van der Waals surface area contributed by atoms with Crippen molar-refractivity contribution in [2.24, 2.45) is 0 Å². The number of rotatable bonds is 11. The number of nitrogens with zero attached hydrogens (tertiary/aromatic N) is 5. The molecule has 226 valence electrons. The molecule has 0 unspecified atom stereocenters. The number of carbonyl (C=O) groups excluding carboxylic acids is 2. The molecule has 9 nitrogen and oxygen atoms in total. The lowest BCUT2D eigenvalue weighted by Crippen LogP contribution is -2.35. The quantitative estimate of drug-likeness (QED) is 0.175. The van der Waals surface area contributed by atoms with Gasteiger partial charge in [0.2, 0.25) is 0 Å². The standard InChI is InChI=1S/C32H43N5O4S/c1-9-13-24(20-23(2)37-19-18-35(6)28-26(29(37)38)21-33-30(34-28)42-8)22-40-27(25-14-11-10-12-15-25)16-17-36(7)31(39)41-32(3,4)5/h9-15,20-21,27H,1,16-19,22H2,2-8H3/b23-20+,24-13+/t27-/m1/s1. The van der Waals surface area contributed by atoms with Gasteiger partial charge in [0.1, 0.15) is 17.0 Å². The smallest absolute Gasteiger partial charge is 0.410 e. The van der Waals surface area contributed by atoms with Crippen LogP contribution in [-0.4, -0.2) is 84.0 Å². The van der Waals surface area contributed by atoms with Gasteiger partial charge in [-0.25, -0.2) is 14.8 Å². The average molecular weight is 594 g/mol. The molecule has 0 spiro atoms. The Morgan fingerprint density at radius 2 is 1.95 bits per heavy atom. The van der Waals surface area contributed by atoms with Gasteiger partial charge in [-0.15, -0.1) is 0 Å². The molecule has 2 aromatic rings. The summed E-state index contributed by atoms with van der Waals surface area (Å²) in [7, 11) is 3.67. The number of hydrogen-bond acceptors (Lipinski definition) is 8. The van der Waals surface area contributed by atoms with E-state index in [0.717, 1.165) is 16.8 Å². The molecule has 0 aliphatic carbocycles. The third-order valence-corrected chi connectivity index (χ3v) is 7.19. The molecule has 0 bridgehead atoms. The van der Waals surface area contributed by atoms with Gasteiger partial charge in [-0.1, -0.05) is 60.8 Å². The van der Waals surface area contributed by atoms with Crippen LogP contribution in [0.5, 0.6) is 0 Å². The second kappa shape index (κ2) is 15.0. The fraction of sp³-hybridized carbons (Fsp3) is 0.438. The molecule has 2 heterocycles. The van der Waals surface area contributed by atoms with E-state index in [1.54, 1.807) is 29.1 Å². The summed E-state index contributed by atoms with van der Waals surface area (Å²) < 4.78 is 11.9. The summed E-state index contributed by atoms with van der Waals surface area (Å²) in [5.41, 5.74) is 2.58. The van der Waals surface area contributed by atoms with Crippen molar-refractivity contribution in [1.82, 2.24) is 19.8 Å². The molecule has 1 atom stereocenters. The first-order valence-corrected chi connectivity index (χ1v) is 15.2. The van der Waals surface area contributed by atoms with E-state index < -0.39 is 5.60 Å². The van der Waals surface area contributed by atoms with Crippen LogP contribution in [0.3, 0.4) is 0 Å². The van der Waals surface area contributed by atoms with E-state index in [1.165, 1.54) is 11.8 Å². The Bertz CT molecular complexity index is 1310. The van der Waals surface area contributed by atoms with Crippen LogP contribution >= 0.6 is 11.8 Å². The van der Waals surface area contributed by atoms with E-state index in [-0.39, 0.29) is 24.7 Å². The van der Waals surface area contributed by atoms with Crippen LogP contribution in [0, 0.1) is 0 Å². The lowest BCUT2D eigenvalue weighted by atomic mass is 10.1. The molecule has 42 heavy (non-hydrogen) atoms. The van der Waals surface area contributed by atoms with Crippen molar-refractivity contribution in [2.75, 3.05) is 51.5 Å². The van der Waals surface area contributed by atoms with Crippen molar-refractivity contribution in [3.63, 3.8) is 0 Å². The van der Waals surface area contributed by atoms with Gasteiger partial charge in [0.05, 0.1) is 12.7 Å². The largest absolute Gasteiger partial charge is 0.444 e. The third kappa shape index (κ3) is 9.19. The molecule has 1 aliphatic rings. The van der Waals surface area contributed by atoms with E-state index >= 15 is 0 Å². The highest BCUT2D eigenvalue weighted by Gasteiger charge is 2.28. The molecule has 0 saturated carbocycles. The minimum atomic E-state index is -0.563. The molecule has 2 amide bonds. The molecule has 1 aromatic carbocycles. The van der Waals surface area contributed by atoms with Gasteiger partial charge in [0.15, 0.2) is 5.16 Å². The van der Waals surface area contributed by atoms with Gasteiger partial charge in [-0.2, -0.15) is 0 Å². The number of allylic oxidation sites excluding steroid dienone is 3. The van der Waals surface area contributed by atoms with Gasteiger partial charge >= 0.3 is 6.09 Å². The molecule has 0 radical (unpaired) electrons. The Balaban J connectivity index is 1.76. The molecule has 0 saturated heterocycles. The number of fused-ring (bicyclic) bond motifs is 1.